The Morgan fingerprint density at radius 3 is 2.60 bits per heavy atom. The molecule has 1 aliphatic heterocycles. The zero-order valence-electron chi connectivity index (χ0n) is 9.13. The first-order valence-electron chi connectivity index (χ1n) is 5.98. The molecular weight excluding hydrogens is 192 g/mol. The summed E-state index contributed by atoms with van der Waals surface area (Å²) in [4.78, 5) is 16.7. The third kappa shape index (κ3) is 3.18. The monoisotopic (exact) mass is 212 g/mol. The molecule has 4 heteroatoms. The van der Waals surface area contributed by atoms with Crippen LogP contribution >= 0.6 is 0 Å². The Kier molecular flexibility index (Phi) is 3.97. The first kappa shape index (κ1) is 10.9. The van der Waals surface area contributed by atoms with Crippen LogP contribution in [0.4, 0.5) is 0 Å². The van der Waals surface area contributed by atoms with Crippen molar-refractivity contribution in [1.29, 1.82) is 0 Å². The standard InChI is InChI=1S/C11H20N2O2/c14-11(10-2-1-3-10)13-15-8-9-4-6-12-7-5-9/h9-10,12H,1-8H2,(H,13,14). The molecule has 1 saturated heterocycles. The number of rotatable bonds is 4. The van der Waals surface area contributed by atoms with E-state index in [-0.39, 0.29) is 11.8 Å². The van der Waals surface area contributed by atoms with E-state index in [0.717, 1.165) is 38.8 Å². The van der Waals surface area contributed by atoms with Crippen molar-refractivity contribution >= 4 is 5.91 Å². The van der Waals surface area contributed by atoms with Gasteiger partial charge in [-0.15, -0.1) is 0 Å². The predicted octanol–water partition coefficient (Wildman–Crippen LogP) is 0.834. The van der Waals surface area contributed by atoms with Crippen molar-refractivity contribution in [1.82, 2.24) is 10.8 Å². The summed E-state index contributed by atoms with van der Waals surface area (Å²) in [7, 11) is 0. The molecule has 1 saturated carbocycles. The van der Waals surface area contributed by atoms with Crippen molar-refractivity contribution in [3.8, 4) is 0 Å². The van der Waals surface area contributed by atoms with Crippen LogP contribution in [-0.4, -0.2) is 25.6 Å². The first-order chi connectivity index (χ1) is 7.36. The number of nitrogens with one attached hydrogen (secondary N) is 2. The maximum absolute atomic E-state index is 11.4. The SMILES string of the molecule is O=C(NOCC1CCNCC1)C1CCC1. The molecule has 0 spiro atoms. The van der Waals surface area contributed by atoms with E-state index < -0.39 is 0 Å². The number of piperidine rings is 1. The lowest BCUT2D eigenvalue weighted by Crippen LogP contribution is -2.37. The highest BCUT2D eigenvalue weighted by atomic mass is 16.7. The summed E-state index contributed by atoms with van der Waals surface area (Å²) in [6.45, 7) is 2.81. The molecule has 86 valence electrons. The molecular formula is C11H20N2O2. The number of hydrogen-bond donors (Lipinski definition) is 2. The highest BCUT2D eigenvalue weighted by molar-refractivity contribution is 5.78. The second-order valence-corrected chi connectivity index (χ2v) is 4.60. The van der Waals surface area contributed by atoms with Gasteiger partial charge in [-0.05, 0) is 44.7 Å². The van der Waals surface area contributed by atoms with Gasteiger partial charge in [-0.25, -0.2) is 5.48 Å². The lowest BCUT2D eigenvalue weighted by Gasteiger charge is -2.25. The van der Waals surface area contributed by atoms with Crippen LogP contribution in [0.2, 0.25) is 0 Å². The first-order valence-corrected chi connectivity index (χ1v) is 5.98. The van der Waals surface area contributed by atoms with E-state index in [1.54, 1.807) is 0 Å². The van der Waals surface area contributed by atoms with E-state index in [1.165, 1.54) is 6.42 Å². The van der Waals surface area contributed by atoms with Crippen LogP contribution in [0.1, 0.15) is 32.1 Å². The van der Waals surface area contributed by atoms with E-state index in [0.29, 0.717) is 12.5 Å². The van der Waals surface area contributed by atoms with Gasteiger partial charge in [0.15, 0.2) is 0 Å². The summed E-state index contributed by atoms with van der Waals surface area (Å²) in [6.07, 6.45) is 5.55. The summed E-state index contributed by atoms with van der Waals surface area (Å²) < 4.78 is 0. The third-order valence-corrected chi connectivity index (χ3v) is 3.43. The molecule has 2 aliphatic rings. The van der Waals surface area contributed by atoms with Crippen molar-refractivity contribution in [3.63, 3.8) is 0 Å². The Balaban J connectivity index is 1.55. The summed E-state index contributed by atoms with van der Waals surface area (Å²) in [5, 5.41) is 3.31. The summed E-state index contributed by atoms with van der Waals surface area (Å²) >= 11 is 0. The van der Waals surface area contributed by atoms with Gasteiger partial charge in [0.2, 0.25) is 5.91 Å². The van der Waals surface area contributed by atoms with Crippen LogP contribution < -0.4 is 10.8 Å². The molecule has 2 N–H and O–H groups in total. The highest BCUT2D eigenvalue weighted by Gasteiger charge is 2.25. The molecule has 1 amide bonds. The molecule has 0 aromatic carbocycles. The largest absolute Gasteiger partial charge is 0.317 e. The fourth-order valence-corrected chi connectivity index (χ4v) is 2.03. The highest BCUT2D eigenvalue weighted by Crippen LogP contribution is 2.26. The van der Waals surface area contributed by atoms with E-state index in [4.69, 9.17) is 4.84 Å². The van der Waals surface area contributed by atoms with Crippen LogP contribution in [0.3, 0.4) is 0 Å². The van der Waals surface area contributed by atoms with Gasteiger partial charge in [0.1, 0.15) is 0 Å². The lowest BCUT2D eigenvalue weighted by atomic mass is 9.85. The minimum Gasteiger partial charge on any atom is -0.317 e. The van der Waals surface area contributed by atoms with Crippen LogP contribution in [0, 0.1) is 11.8 Å². The van der Waals surface area contributed by atoms with Gasteiger partial charge in [-0.1, -0.05) is 6.42 Å². The zero-order valence-corrected chi connectivity index (χ0v) is 9.13. The molecule has 1 aliphatic carbocycles. The predicted molar refractivity (Wildman–Crippen MR) is 57.0 cm³/mol. The maximum atomic E-state index is 11.4. The molecule has 15 heavy (non-hydrogen) atoms. The average Bonchev–Trinajstić information content (AvgIpc) is 2.16. The molecule has 2 rings (SSSR count). The minimum absolute atomic E-state index is 0.0789. The van der Waals surface area contributed by atoms with Gasteiger partial charge >= 0.3 is 0 Å². The molecule has 0 atom stereocenters. The zero-order chi connectivity index (χ0) is 10.5. The Hall–Kier alpha value is -0.610. The van der Waals surface area contributed by atoms with Crippen molar-refractivity contribution < 1.29 is 9.63 Å². The number of amides is 1. The summed E-state index contributed by atoms with van der Waals surface area (Å²) in [6, 6.07) is 0. The summed E-state index contributed by atoms with van der Waals surface area (Å²) in [5.41, 5.74) is 2.57. The fraction of sp³-hybridized carbons (Fsp3) is 0.909. The van der Waals surface area contributed by atoms with E-state index >= 15 is 0 Å². The second-order valence-electron chi connectivity index (χ2n) is 4.60. The van der Waals surface area contributed by atoms with E-state index in [1.807, 2.05) is 0 Å². The number of hydrogen-bond acceptors (Lipinski definition) is 3. The number of carbonyl (C=O) groups is 1. The second kappa shape index (κ2) is 5.47. The normalized spacial score (nSPS) is 23.5. The van der Waals surface area contributed by atoms with E-state index in [2.05, 4.69) is 10.8 Å². The Labute approximate surface area is 90.7 Å². The van der Waals surface area contributed by atoms with Crippen molar-refractivity contribution in [2.75, 3.05) is 19.7 Å². The van der Waals surface area contributed by atoms with Gasteiger partial charge in [-0.3, -0.25) is 9.63 Å². The topological polar surface area (TPSA) is 50.4 Å². The third-order valence-electron chi connectivity index (χ3n) is 3.43. The Morgan fingerprint density at radius 2 is 2.00 bits per heavy atom. The number of hydroxylamine groups is 1. The van der Waals surface area contributed by atoms with Crippen molar-refractivity contribution in [2.45, 2.75) is 32.1 Å². The molecule has 0 radical (unpaired) electrons. The van der Waals surface area contributed by atoms with Crippen molar-refractivity contribution in [2.24, 2.45) is 11.8 Å². The minimum atomic E-state index is 0.0789. The van der Waals surface area contributed by atoms with Gasteiger partial charge in [0.05, 0.1) is 6.61 Å². The van der Waals surface area contributed by atoms with E-state index in [9.17, 15) is 4.79 Å². The molecule has 1 heterocycles. The van der Waals surface area contributed by atoms with Crippen LogP contribution in [0.15, 0.2) is 0 Å². The Morgan fingerprint density at radius 1 is 1.27 bits per heavy atom. The molecule has 4 nitrogen and oxygen atoms in total. The maximum Gasteiger partial charge on any atom is 0.246 e. The molecule has 0 aromatic heterocycles. The van der Waals surface area contributed by atoms with Crippen molar-refractivity contribution in [3.05, 3.63) is 0 Å². The van der Waals surface area contributed by atoms with Crippen LogP contribution in [0.5, 0.6) is 0 Å². The lowest BCUT2D eigenvalue weighted by molar-refractivity contribution is -0.141. The quantitative estimate of drug-likeness (QED) is 0.679. The Bertz CT molecular complexity index is 211. The van der Waals surface area contributed by atoms with Crippen LogP contribution in [-0.2, 0) is 9.63 Å². The van der Waals surface area contributed by atoms with Gasteiger partial charge in [-0.2, -0.15) is 0 Å². The molecule has 0 unspecified atom stereocenters. The molecule has 0 aromatic rings. The average molecular weight is 212 g/mol. The van der Waals surface area contributed by atoms with Crippen LogP contribution in [0.25, 0.3) is 0 Å². The summed E-state index contributed by atoms with van der Waals surface area (Å²) in [5.74, 6) is 0.904. The smallest absolute Gasteiger partial charge is 0.246 e. The van der Waals surface area contributed by atoms with Gasteiger partial charge in [0.25, 0.3) is 0 Å². The fourth-order valence-electron chi connectivity index (χ4n) is 2.03. The number of carbonyl (C=O) groups excluding carboxylic acids is 1. The van der Waals surface area contributed by atoms with Gasteiger partial charge < -0.3 is 5.32 Å². The van der Waals surface area contributed by atoms with Gasteiger partial charge in [0, 0.05) is 5.92 Å². The molecule has 2 fully saturated rings. The molecule has 0 bridgehead atoms.